The van der Waals surface area contributed by atoms with Crippen molar-refractivity contribution in [3.63, 3.8) is 0 Å². The molecule has 2 fully saturated rings. The Hall–Kier alpha value is -0.0400. The Morgan fingerprint density at radius 3 is 2.45 bits per heavy atom. The molecule has 1 atom stereocenters. The van der Waals surface area contributed by atoms with E-state index in [0.29, 0.717) is 12.2 Å². The third-order valence-electron chi connectivity index (χ3n) is 2.79. The molecule has 1 radical (unpaired) electrons. The molecule has 0 amide bonds. The molecular formula is C10H17O. The van der Waals surface area contributed by atoms with Crippen LogP contribution in [0.3, 0.4) is 0 Å². The zero-order valence-corrected chi connectivity index (χ0v) is 7.09. The second-order valence-electron chi connectivity index (χ2n) is 3.75. The number of rotatable bonds is 2. The van der Waals surface area contributed by atoms with Gasteiger partial charge in [0.2, 0.25) is 0 Å². The SMILES string of the molecule is [CH]1CCCC1OC1CCCC1. The van der Waals surface area contributed by atoms with Crippen molar-refractivity contribution < 1.29 is 4.74 Å². The lowest BCUT2D eigenvalue weighted by atomic mass is 10.2. The maximum Gasteiger partial charge on any atom is 0.0610 e. The lowest BCUT2D eigenvalue weighted by molar-refractivity contribution is 0.0135. The fraction of sp³-hybridized carbons (Fsp3) is 0.900. The molecule has 1 nitrogen and oxygen atoms in total. The summed E-state index contributed by atoms with van der Waals surface area (Å²) in [6.45, 7) is 0. The number of hydrogen-bond donors (Lipinski definition) is 0. The summed E-state index contributed by atoms with van der Waals surface area (Å²) in [5.74, 6) is 0. The lowest BCUT2D eigenvalue weighted by Gasteiger charge is -2.16. The Morgan fingerprint density at radius 1 is 1.00 bits per heavy atom. The fourth-order valence-corrected chi connectivity index (χ4v) is 2.14. The minimum absolute atomic E-state index is 0.512. The maximum absolute atomic E-state index is 5.92. The minimum atomic E-state index is 0.512. The van der Waals surface area contributed by atoms with Gasteiger partial charge in [-0.25, -0.2) is 0 Å². The summed E-state index contributed by atoms with van der Waals surface area (Å²) in [6.07, 6.45) is 12.7. The average molecular weight is 153 g/mol. The molecule has 0 aliphatic heterocycles. The molecule has 63 valence electrons. The van der Waals surface area contributed by atoms with Gasteiger partial charge in [0, 0.05) is 0 Å². The minimum Gasteiger partial charge on any atom is -0.375 e. The highest BCUT2D eigenvalue weighted by Crippen LogP contribution is 2.27. The van der Waals surface area contributed by atoms with Gasteiger partial charge in [-0.1, -0.05) is 19.3 Å². The van der Waals surface area contributed by atoms with Gasteiger partial charge in [-0.3, -0.25) is 0 Å². The highest BCUT2D eigenvalue weighted by atomic mass is 16.5. The molecule has 2 saturated carbocycles. The molecule has 0 bridgehead atoms. The molecule has 0 spiro atoms. The van der Waals surface area contributed by atoms with Crippen molar-refractivity contribution in [3.05, 3.63) is 6.42 Å². The van der Waals surface area contributed by atoms with Crippen molar-refractivity contribution in [1.82, 2.24) is 0 Å². The van der Waals surface area contributed by atoms with Gasteiger partial charge in [0.1, 0.15) is 0 Å². The lowest BCUT2D eigenvalue weighted by Crippen LogP contribution is -2.16. The van der Waals surface area contributed by atoms with Gasteiger partial charge in [0.25, 0.3) is 0 Å². The molecule has 2 aliphatic carbocycles. The van der Waals surface area contributed by atoms with Crippen LogP contribution in [-0.2, 0) is 4.74 Å². The molecule has 1 heteroatoms. The topological polar surface area (TPSA) is 9.23 Å². The first kappa shape index (κ1) is 7.60. The van der Waals surface area contributed by atoms with Gasteiger partial charge in [-0.2, -0.15) is 0 Å². The fourth-order valence-electron chi connectivity index (χ4n) is 2.14. The van der Waals surface area contributed by atoms with Crippen LogP contribution in [-0.4, -0.2) is 12.2 Å². The van der Waals surface area contributed by atoms with E-state index < -0.39 is 0 Å². The zero-order chi connectivity index (χ0) is 7.52. The largest absolute Gasteiger partial charge is 0.375 e. The van der Waals surface area contributed by atoms with E-state index in [4.69, 9.17) is 4.74 Å². The molecule has 1 unspecified atom stereocenters. The summed E-state index contributed by atoms with van der Waals surface area (Å²) < 4.78 is 5.92. The summed E-state index contributed by atoms with van der Waals surface area (Å²) in [4.78, 5) is 0. The first-order chi connectivity index (χ1) is 5.45. The first-order valence-electron chi connectivity index (χ1n) is 4.94. The van der Waals surface area contributed by atoms with E-state index in [1.165, 1.54) is 44.9 Å². The molecule has 0 saturated heterocycles. The van der Waals surface area contributed by atoms with Crippen LogP contribution in [0, 0.1) is 6.42 Å². The summed E-state index contributed by atoms with van der Waals surface area (Å²) in [5, 5.41) is 0. The van der Waals surface area contributed by atoms with Crippen molar-refractivity contribution in [2.75, 3.05) is 0 Å². The normalized spacial score (nSPS) is 28.4. The Kier molecular flexibility index (Phi) is 2.47. The van der Waals surface area contributed by atoms with Gasteiger partial charge in [-0.15, -0.1) is 0 Å². The van der Waals surface area contributed by atoms with Crippen LogP contribution in [0.5, 0.6) is 0 Å². The first-order valence-corrected chi connectivity index (χ1v) is 4.94. The third-order valence-corrected chi connectivity index (χ3v) is 2.79. The van der Waals surface area contributed by atoms with Crippen LogP contribution < -0.4 is 0 Å². The smallest absolute Gasteiger partial charge is 0.0610 e. The average Bonchev–Trinajstić information content (AvgIpc) is 2.60. The molecule has 11 heavy (non-hydrogen) atoms. The van der Waals surface area contributed by atoms with E-state index >= 15 is 0 Å². The van der Waals surface area contributed by atoms with E-state index in [1.807, 2.05) is 0 Å². The predicted octanol–water partition coefficient (Wildman–Crippen LogP) is 2.70. The summed E-state index contributed by atoms with van der Waals surface area (Å²) in [5.41, 5.74) is 0. The van der Waals surface area contributed by atoms with Crippen LogP contribution in [0.1, 0.15) is 44.9 Å². The van der Waals surface area contributed by atoms with Crippen molar-refractivity contribution in [2.45, 2.75) is 57.2 Å². The quantitative estimate of drug-likeness (QED) is 0.592. The number of ether oxygens (including phenoxy) is 1. The summed E-state index contributed by atoms with van der Waals surface area (Å²) in [6, 6.07) is 0. The van der Waals surface area contributed by atoms with Crippen LogP contribution in [0.25, 0.3) is 0 Å². The molecule has 0 aromatic rings. The van der Waals surface area contributed by atoms with Crippen LogP contribution >= 0.6 is 0 Å². The van der Waals surface area contributed by atoms with E-state index in [-0.39, 0.29) is 0 Å². The van der Waals surface area contributed by atoms with E-state index in [2.05, 4.69) is 6.42 Å². The Morgan fingerprint density at radius 2 is 1.82 bits per heavy atom. The van der Waals surface area contributed by atoms with Crippen LogP contribution in [0.15, 0.2) is 0 Å². The van der Waals surface area contributed by atoms with Crippen LogP contribution in [0.4, 0.5) is 0 Å². The highest BCUT2D eigenvalue weighted by molar-refractivity contribution is 4.85. The second-order valence-corrected chi connectivity index (χ2v) is 3.75. The second kappa shape index (κ2) is 3.57. The third kappa shape index (κ3) is 1.96. The van der Waals surface area contributed by atoms with Crippen LogP contribution in [0.2, 0.25) is 0 Å². The van der Waals surface area contributed by atoms with Gasteiger partial charge < -0.3 is 4.74 Å². The summed E-state index contributed by atoms with van der Waals surface area (Å²) >= 11 is 0. The van der Waals surface area contributed by atoms with Gasteiger partial charge in [0.05, 0.1) is 12.2 Å². The molecule has 0 aromatic carbocycles. The molecular weight excluding hydrogens is 136 g/mol. The van der Waals surface area contributed by atoms with E-state index in [0.717, 1.165) is 0 Å². The standard InChI is InChI=1S/C10H17O/c1-2-6-9(5-1)11-10-7-3-4-8-10/h5,9-10H,1-4,6-8H2. The van der Waals surface area contributed by atoms with Crippen molar-refractivity contribution >= 4 is 0 Å². The molecule has 0 aromatic heterocycles. The highest BCUT2D eigenvalue weighted by Gasteiger charge is 2.22. The zero-order valence-electron chi connectivity index (χ0n) is 7.09. The van der Waals surface area contributed by atoms with Crippen molar-refractivity contribution in [2.24, 2.45) is 0 Å². The molecule has 2 aliphatic rings. The van der Waals surface area contributed by atoms with Gasteiger partial charge in [-0.05, 0) is 32.1 Å². The molecule has 0 heterocycles. The molecule has 0 N–H and O–H groups in total. The van der Waals surface area contributed by atoms with Gasteiger partial charge >= 0.3 is 0 Å². The predicted molar refractivity (Wildman–Crippen MR) is 45.3 cm³/mol. The van der Waals surface area contributed by atoms with E-state index in [1.54, 1.807) is 0 Å². The van der Waals surface area contributed by atoms with Crippen molar-refractivity contribution in [3.8, 4) is 0 Å². The Balaban J connectivity index is 1.71. The maximum atomic E-state index is 5.92. The summed E-state index contributed by atoms with van der Waals surface area (Å²) in [7, 11) is 0. The Bertz CT molecular complexity index is 96.0. The monoisotopic (exact) mass is 153 g/mol. The number of hydrogen-bond acceptors (Lipinski definition) is 1. The molecule has 2 rings (SSSR count). The van der Waals surface area contributed by atoms with Crippen molar-refractivity contribution in [1.29, 1.82) is 0 Å². The van der Waals surface area contributed by atoms with Gasteiger partial charge in [0.15, 0.2) is 0 Å². The Labute approximate surface area is 69.1 Å². The van der Waals surface area contributed by atoms with E-state index in [9.17, 15) is 0 Å².